The number of guanidine groups is 1. The number of hydrogen-bond acceptors (Lipinski definition) is 4. The van der Waals surface area contributed by atoms with E-state index in [2.05, 4.69) is 65.6 Å². The van der Waals surface area contributed by atoms with E-state index in [0.717, 1.165) is 71.4 Å². The van der Waals surface area contributed by atoms with Gasteiger partial charge in [0.1, 0.15) is 0 Å². The van der Waals surface area contributed by atoms with Crippen LogP contribution in [0.4, 0.5) is 0 Å². The maximum absolute atomic E-state index is 5.40. The second-order valence-corrected chi connectivity index (χ2v) is 7.08. The van der Waals surface area contributed by atoms with E-state index < -0.39 is 0 Å². The molecule has 1 aliphatic heterocycles. The summed E-state index contributed by atoms with van der Waals surface area (Å²) in [7, 11) is 2.15. The first-order valence-corrected chi connectivity index (χ1v) is 10.3. The molecule has 6 nitrogen and oxygen atoms in total. The minimum atomic E-state index is 0.697. The molecule has 1 aromatic carbocycles. The van der Waals surface area contributed by atoms with Gasteiger partial charge in [0.15, 0.2) is 5.96 Å². The molecule has 0 radical (unpaired) electrons. The van der Waals surface area contributed by atoms with Crippen molar-refractivity contribution in [1.82, 2.24) is 20.4 Å². The van der Waals surface area contributed by atoms with Crippen LogP contribution >= 0.6 is 0 Å². The van der Waals surface area contributed by atoms with Crippen LogP contribution < -0.4 is 10.6 Å². The Morgan fingerprint density at radius 3 is 2.70 bits per heavy atom. The van der Waals surface area contributed by atoms with E-state index in [9.17, 15) is 0 Å². The summed E-state index contributed by atoms with van der Waals surface area (Å²) in [6.45, 7) is 13.8. The molecule has 1 saturated heterocycles. The van der Waals surface area contributed by atoms with Gasteiger partial charge in [-0.3, -0.25) is 4.90 Å². The third-order valence-electron chi connectivity index (χ3n) is 4.79. The van der Waals surface area contributed by atoms with Crippen LogP contribution in [0.5, 0.6) is 0 Å². The molecule has 1 heterocycles. The Morgan fingerprint density at radius 1 is 1.19 bits per heavy atom. The number of morpholine rings is 1. The zero-order chi connectivity index (χ0) is 19.3. The van der Waals surface area contributed by atoms with E-state index in [0.29, 0.717) is 6.54 Å². The minimum absolute atomic E-state index is 0.697. The molecule has 1 aromatic rings. The van der Waals surface area contributed by atoms with E-state index >= 15 is 0 Å². The standard InChI is InChI=1S/C21H37N5O/c1-4-22-21(23-10-7-11-26-12-14-27-15-13-26)24-17-19-8-6-9-20(16-19)18-25(3)5-2/h6,8-9,16H,4-5,7,10-15,17-18H2,1-3H3,(H2,22,23,24). The summed E-state index contributed by atoms with van der Waals surface area (Å²) in [5.74, 6) is 0.899. The lowest BCUT2D eigenvalue weighted by Crippen LogP contribution is -2.40. The number of aliphatic imine (C=N–C) groups is 1. The monoisotopic (exact) mass is 375 g/mol. The van der Waals surface area contributed by atoms with Gasteiger partial charge in [-0.05, 0) is 44.6 Å². The van der Waals surface area contributed by atoms with Crippen molar-refractivity contribution in [3.05, 3.63) is 35.4 Å². The third-order valence-corrected chi connectivity index (χ3v) is 4.79. The van der Waals surface area contributed by atoms with Crippen molar-refractivity contribution in [2.24, 2.45) is 4.99 Å². The number of ether oxygens (including phenoxy) is 1. The summed E-state index contributed by atoms with van der Waals surface area (Å²) in [5.41, 5.74) is 2.60. The molecule has 1 aliphatic rings. The van der Waals surface area contributed by atoms with Crippen molar-refractivity contribution in [3.63, 3.8) is 0 Å². The van der Waals surface area contributed by atoms with Crippen LogP contribution in [0.2, 0.25) is 0 Å². The zero-order valence-corrected chi connectivity index (χ0v) is 17.3. The fourth-order valence-corrected chi connectivity index (χ4v) is 3.10. The number of hydrogen-bond donors (Lipinski definition) is 2. The largest absolute Gasteiger partial charge is 0.379 e. The molecule has 152 valence electrons. The average molecular weight is 376 g/mol. The quantitative estimate of drug-likeness (QED) is 0.372. The summed E-state index contributed by atoms with van der Waals surface area (Å²) in [6, 6.07) is 8.74. The molecule has 0 amide bonds. The lowest BCUT2D eigenvalue weighted by molar-refractivity contribution is 0.0376. The molecule has 0 aliphatic carbocycles. The van der Waals surface area contributed by atoms with Gasteiger partial charge in [0, 0.05) is 32.7 Å². The van der Waals surface area contributed by atoms with E-state index in [1.807, 2.05) is 0 Å². The van der Waals surface area contributed by atoms with Gasteiger partial charge in [0.05, 0.1) is 19.8 Å². The molecule has 6 heteroatoms. The Balaban J connectivity index is 1.79. The maximum Gasteiger partial charge on any atom is 0.191 e. The zero-order valence-electron chi connectivity index (χ0n) is 17.3. The first-order chi connectivity index (χ1) is 13.2. The van der Waals surface area contributed by atoms with Crippen LogP contribution in [-0.2, 0) is 17.8 Å². The van der Waals surface area contributed by atoms with Crippen LogP contribution in [0, 0.1) is 0 Å². The smallest absolute Gasteiger partial charge is 0.191 e. The fourth-order valence-electron chi connectivity index (χ4n) is 3.10. The van der Waals surface area contributed by atoms with Crippen molar-refractivity contribution in [2.45, 2.75) is 33.4 Å². The van der Waals surface area contributed by atoms with Crippen LogP contribution in [0.15, 0.2) is 29.3 Å². The van der Waals surface area contributed by atoms with Crippen molar-refractivity contribution in [2.75, 3.05) is 59.5 Å². The Bertz CT molecular complexity index is 557. The van der Waals surface area contributed by atoms with E-state index in [1.165, 1.54) is 11.1 Å². The molecule has 0 spiro atoms. The molecule has 27 heavy (non-hydrogen) atoms. The number of rotatable bonds is 10. The summed E-state index contributed by atoms with van der Waals surface area (Å²) in [4.78, 5) is 9.53. The van der Waals surface area contributed by atoms with E-state index in [-0.39, 0.29) is 0 Å². The minimum Gasteiger partial charge on any atom is -0.379 e. The van der Waals surface area contributed by atoms with Gasteiger partial charge in [0.2, 0.25) is 0 Å². The van der Waals surface area contributed by atoms with Gasteiger partial charge >= 0.3 is 0 Å². The molecule has 0 atom stereocenters. The molecular formula is C21H37N5O. The Morgan fingerprint density at radius 2 is 1.96 bits per heavy atom. The molecule has 0 unspecified atom stereocenters. The Hall–Kier alpha value is -1.63. The summed E-state index contributed by atoms with van der Waals surface area (Å²) in [6.07, 6.45) is 1.11. The summed E-state index contributed by atoms with van der Waals surface area (Å²) in [5, 5.41) is 6.80. The first kappa shape index (κ1) is 21.7. The van der Waals surface area contributed by atoms with Crippen LogP contribution in [0.1, 0.15) is 31.4 Å². The molecule has 2 N–H and O–H groups in total. The van der Waals surface area contributed by atoms with E-state index in [4.69, 9.17) is 9.73 Å². The van der Waals surface area contributed by atoms with Crippen LogP contribution in [0.25, 0.3) is 0 Å². The van der Waals surface area contributed by atoms with Gasteiger partial charge < -0.3 is 20.3 Å². The van der Waals surface area contributed by atoms with Crippen molar-refractivity contribution in [3.8, 4) is 0 Å². The number of nitrogens with zero attached hydrogens (tertiary/aromatic N) is 3. The number of nitrogens with one attached hydrogen (secondary N) is 2. The molecular weight excluding hydrogens is 338 g/mol. The van der Waals surface area contributed by atoms with E-state index in [1.54, 1.807) is 0 Å². The highest BCUT2D eigenvalue weighted by molar-refractivity contribution is 5.79. The van der Waals surface area contributed by atoms with Gasteiger partial charge in [-0.15, -0.1) is 0 Å². The highest BCUT2D eigenvalue weighted by atomic mass is 16.5. The number of benzene rings is 1. The maximum atomic E-state index is 5.40. The highest BCUT2D eigenvalue weighted by Crippen LogP contribution is 2.08. The lowest BCUT2D eigenvalue weighted by Gasteiger charge is -2.26. The van der Waals surface area contributed by atoms with Crippen LogP contribution in [-0.4, -0.2) is 75.3 Å². The molecule has 0 aromatic heterocycles. The summed E-state index contributed by atoms with van der Waals surface area (Å²) < 4.78 is 5.40. The SMILES string of the molecule is CCNC(=NCc1cccc(CN(C)CC)c1)NCCCN1CCOCC1. The topological polar surface area (TPSA) is 52.1 Å². The second-order valence-electron chi connectivity index (χ2n) is 7.08. The van der Waals surface area contributed by atoms with Gasteiger partial charge in [-0.1, -0.05) is 31.2 Å². The lowest BCUT2D eigenvalue weighted by atomic mass is 10.1. The predicted octanol–water partition coefficient (Wildman–Crippen LogP) is 1.92. The fraction of sp³-hybridized carbons (Fsp3) is 0.667. The Labute approximate surface area is 165 Å². The van der Waals surface area contributed by atoms with Gasteiger partial charge in [0.25, 0.3) is 0 Å². The third kappa shape index (κ3) is 8.73. The molecule has 0 saturated carbocycles. The highest BCUT2D eigenvalue weighted by Gasteiger charge is 2.09. The molecule has 1 fully saturated rings. The van der Waals surface area contributed by atoms with Crippen molar-refractivity contribution in [1.29, 1.82) is 0 Å². The molecule has 0 bridgehead atoms. The van der Waals surface area contributed by atoms with Gasteiger partial charge in [-0.25, -0.2) is 4.99 Å². The predicted molar refractivity (Wildman–Crippen MR) is 113 cm³/mol. The average Bonchev–Trinajstić information content (AvgIpc) is 2.70. The van der Waals surface area contributed by atoms with Gasteiger partial charge in [-0.2, -0.15) is 0 Å². The first-order valence-electron chi connectivity index (χ1n) is 10.3. The Kier molecular flexibility index (Phi) is 10.2. The van der Waals surface area contributed by atoms with Crippen LogP contribution in [0.3, 0.4) is 0 Å². The summed E-state index contributed by atoms with van der Waals surface area (Å²) >= 11 is 0. The molecule has 2 rings (SSSR count). The normalized spacial score (nSPS) is 15.9. The second kappa shape index (κ2) is 12.7. The van der Waals surface area contributed by atoms with Crippen molar-refractivity contribution >= 4 is 5.96 Å². The van der Waals surface area contributed by atoms with Crippen molar-refractivity contribution < 1.29 is 4.74 Å².